The van der Waals surface area contributed by atoms with Gasteiger partial charge in [-0.15, -0.1) is 0 Å². The van der Waals surface area contributed by atoms with Crippen molar-refractivity contribution in [1.29, 1.82) is 0 Å². The van der Waals surface area contributed by atoms with E-state index in [0.29, 0.717) is 24.2 Å². The fraction of sp³-hybridized carbons (Fsp3) is 0.941. The van der Waals surface area contributed by atoms with Crippen LogP contribution < -0.4 is 0 Å². The van der Waals surface area contributed by atoms with Gasteiger partial charge in [0.25, 0.3) is 0 Å². The highest BCUT2D eigenvalue weighted by atomic mass is 16.6. The minimum absolute atomic E-state index is 0.0120. The first-order valence-electron chi connectivity index (χ1n) is 8.33. The maximum Gasteiger partial charge on any atom is 0.306 e. The molecule has 2 unspecified atom stereocenters. The van der Waals surface area contributed by atoms with Gasteiger partial charge in [0.2, 0.25) is 0 Å². The highest BCUT2D eigenvalue weighted by Crippen LogP contribution is 2.64. The third-order valence-corrected chi connectivity index (χ3v) is 7.53. The van der Waals surface area contributed by atoms with E-state index in [2.05, 4.69) is 13.8 Å². The summed E-state index contributed by atoms with van der Waals surface area (Å²) in [5.41, 5.74) is 0.197. The number of aliphatic hydroxyl groups excluding tert-OH is 1. The predicted molar refractivity (Wildman–Crippen MR) is 74.9 cm³/mol. The summed E-state index contributed by atoms with van der Waals surface area (Å²) in [6.07, 6.45) is 7.32. The topological polar surface area (TPSA) is 46.5 Å². The van der Waals surface area contributed by atoms with Gasteiger partial charge in [0, 0.05) is 5.41 Å². The van der Waals surface area contributed by atoms with E-state index in [-0.39, 0.29) is 29.0 Å². The van der Waals surface area contributed by atoms with Gasteiger partial charge in [-0.05, 0) is 61.7 Å². The van der Waals surface area contributed by atoms with Crippen molar-refractivity contribution in [3.63, 3.8) is 0 Å². The molecule has 4 rings (SSSR count). The van der Waals surface area contributed by atoms with E-state index in [4.69, 9.17) is 4.74 Å². The van der Waals surface area contributed by atoms with Crippen LogP contribution in [0.3, 0.4) is 0 Å². The van der Waals surface area contributed by atoms with E-state index >= 15 is 0 Å². The Morgan fingerprint density at radius 3 is 2.60 bits per heavy atom. The van der Waals surface area contributed by atoms with Crippen LogP contribution in [0.25, 0.3) is 0 Å². The number of ether oxygens (including phenoxy) is 1. The molecule has 3 heteroatoms. The van der Waals surface area contributed by atoms with Gasteiger partial charge in [-0.2, -0.15) is 0 Å². The molecular weight excluding hydrogens is 252 g/mol. The fourth-order valence-corrected chi connectivity index (χ4v) is 6.34. The summed E-state index contributed by atoms with van der Waals surface area (Å²) in [6.45, 7) is 4.59. The molecule has 0 amide bonds. The van der Waals surface area contributed by atoms with Gasteiger partial charge in [-0.25, -0.2) is 0 Å². The van der Waals surface area contributed by atoms with Crippen LogP contribution in [0.2, 0.25) is 0 Å². The first kappa shape index (κ1) is 13.1. The predicted octanol–water partition coefficient (Wildman–Crippen LogP) is 2.91. The van der Waals surface area contributed by atoms with E-state index in [1.54, 1.807) is 0 Å². The summed E-state index contributed by atoms with van der Waals surface area (Å²) in [5.74, 6) is 1.99. The van der Waals surface area contributed by atoms with E-state index < -0.39 is 0 Å². The number of carbonyl (C=O) groups is 1. The van der Waals surface area contributed by atoms with Gasteiger partial charge in [0.1, 0.15) is 6.10 Å². The smallest absolute Gasteiger partial charge is 0.306 e. The summed E-state index contributed by atoms with van der Waals surface area (Å²) >= 11 is 0. The average molecular weight is 278 g/mol. The fourth-order valence-electron chi connectivity index (χ4n) is 6.34. The van der Waals surface area contributed by atoms with Crippen molar-refractivity contribution < 1.29 is 14.6 Å². The highest BCUT2D eigenvalue weighted by molar-refractivity contribution is 5.73. The van der Waals surface area contributed by atoms with Crippen LogP contribution >= 0.6 is 0 Å². The van der Waals surface area contributed by atoms with E-state index in [0.717, 1.165) is 19.3 Å². The molecule has 3 nitrogen and oxygen atoms in total. The van der Waals surface area contributed by atoms with Crippen LogP contribution in [-0.2, 0) is 9.53 Å². The molecule has 7 atom stereocenters. The second-order valence-electron chi connectivity index (χ2n) is 8.25. The Morgan fingerprint density at radius 2 is 1.80 bits per heavy atom. The summed E-state index contributed by atoms with van der Waals surface area (Å²) < 4.78 is 5.59. The molecule has 0 aromatic rings. The summed E-state index contributed by atoms with van der Waals surface area (Å²) in [5, 5.41) is 10.4. The van der Waals surface area contributed by atoms with Crippen LogP contribution in [0.15, 0.2) is 0 Å². The van der Waals surface area contributed by atoms with Crippen molar-refractivity contribution in [3.8, 4) is 0 Å². The molecule has 1 N–H and O–H groups in total. The number of carbonyl (C=O) groups excluding carboxylic acids is 1. The van der Waals surface area contributed by atoms with Gasteiger partial charge in [-0.1, -0.05) is 13.8 Å². The largest absolute Gasteiger partial charge is 0.462 e. The molecule has 3 aliphatic carbocycles. The molecule has 0 aromatic carbocycles. The van der Waals surface area contributed by atoms with Crippen LogP contribution in [0.4, 0.5) is 0 Å². The average Bonchev–Trinajstić information content (AvgIpc) is 2.86. The monoisotopic (exact) mass is 278 g/mol. The molecule has 4 fully saturated rings. The SMILES string of the molecule is C[C@]12CC(=O)OC1CC[C@@H]1[C@@H]2CC[C@]2(C)C(O)CC[C@@H]12. The first-order chi connectivity index (χ1) is 9.45. The lowest BCUT2D eigenvalue weighted by Crippen LogP contribution is -2.52. The minimum atomic E-state index is -0.111. The zero-order valence-electron chi connectivity index (χ0n) is 12.6. The standard InChI is InChI=1S/C17H26O3/c1-16-8-7-12-10(11(16)4-5-13(16)18)3-6-14-17(12,2)9-15(19)20-14/h10-14,18H,3-9H2,1-2H3/t10-,11-,12-,13?,14?,16-,17+/m0/s1. The number of esters is 1. The van der Waals surface area contributed by atoms with Crippen molar-refractivity contribution in [2.45, 2.75) is 71.0 Å². The Bertz CT molecular complexity index is 448. The molecule has 3 saturated carbocycles. The molecule has 4 aliphatic rings. The van der Waals surface area contributed by atoms with Gasteiger partial charge < -0.3 is 9.84 Å². The lowest BCUT2D eigenvalue weighted by molar-refractivity contribution is -0.146. The number of hydrogen-bond donors (Lipinski definition) is 1. The maximum absolute atomic E-state index is 11.8. The number of rotatable bonds is 0. The quantitative estimate of drug-likeness (QED) is 0.693. The molecule has 20 heavy (non-hydrogen) atoms. The van der Waals surface area contributed by atoms with Crippen molar-refractivity contribution in [1.82, 2.24) is 0 Å². The number of fused-ring (bicyclic) bond motifs is 5. The second-order valence-corrected chi connectivity index (χ2v) is 8.25. The molecule has 0 aromatic heterocycles. The van der Waals surface area contributed by atoms with E-state index in [9.17, 15) is 9.90 Å². The molecule has 1 aliphatic heterocycles. The first-order valence-corrected chi connectivity index (χ1v) is 8.33. The Labute approximate surface area is 121 Å². The molecule has 112 valence electrons. The number of hydrogen-bond acceptors (Lipinski definition) is 3. The van der Waals surface area contributed by atoms with Crippen LogP contribution in [0, 0.1) is 28.6 Å². The second kappa shape index (κ2) is 4.00. The molecular formula is C17H26O3. The zero-order chi connectivity index (χ0) is 14.1. The minimum Gasteiger partial charge on any atom is -0.462 e. The zero-order valence-corrected chi connectivity index (χ0v) is 12.6. The normalized spacial score (nSPS) is 57.8. The summed E-state index contributed by atoms with van der Waals surface area (Å²) in [7, 11) is 0. The van der Waals surface area contributed by atoms with E-state index in [1.165, 1.54) is 19.3 Å². The van der Waals surface area contributed by atoms with Crippen LogP contribution in [0.1, 0.15) is 58.8 Å². The van der Waals surface area contributed by atoms with Crippen LogP contribution in [-0.4, -0.2) is 23.3 Å². The van der Waals surface area contributed by atoms with Crippen molar-refractivity contribution in [2.24, 2.45) is 28.6 Å². The molecule has 0 radical (unpaired) electrons. The Hall–Kier alpha value is -0.570. The van der Waals surface area contributed by atoms with Crippen molar-refractivity contribution in [2.75, 3.05) is 0 Å². The highest BCUT2D eigenvalue weighted by Gasteiger charge is 2.62. The molecule has 0 spiro atoms. The summed E-state index contributed by atoms with van der Waals surface area (Å²) in [6, 6.07) is 0. The van der Waals surface area contributed by atoms with Gasteiger partial charge in [-0.3, -0.25) is 4.79 Å². The lowest BCUT2D eigenvalue weighted by Gasteiger charge is -2.55. The van der Waals surface area contributed by atoms with Crippen LogP contribution in [0.5, 0.6) is 0 Å². The third kappa shape index (κ3) is 1.48. The lowest BCUT2D eigenvalue weighted by atomic mass is 9.49. The van der Waals surface area contributed by atoms with Crippen molar-refractivity contribution >= 4 is 5.97 Å². The van der Waals surface area contributed by atoms with Gasteiger partial charge >= 0.3 is 5.97 Å². The van der Waals surface area contributed by atoms with E-state index in [1.807, 2.05) is 0 Å². The summed E-state index contributed by atoms with van der Waals surface area (Å²) in [4.78, 5) is 11.8. The number of aliphatic hydroxyl groups is 1. The van der Waals surface area contributed by atoms with Crippen molar-refractivity contribution in [3.05, 3.63) is 0 Å². The Morgan fingerprint density at radius 1 is 1.05 bits per heavy atom. The van der Waals surface area contributed by atoms with Gasteiger partial charge in [0.15, 0.2) is 0 Å². The third-order valence-electron chi connectivity index (χ3n) is 7.53. The van der Waals surface area contributed by atoms with Gasteiger partial charge in [0.05, 0.1) is 12.5 Å². The Kier molecular flexibility index (Phi) is 2.62. The Balaban J connectivity index is 1.67. The molecule has 1 saturated heterocycles. The maximum atomic E-state index is 11.8. The molecule has 0 bridgehead atoms. The molecule has 1 heterocycles.